The molecule has 0 unspecified atom stereocenters. The van der Waals surface area contributed by atoms with Gasteiger partial charge in [-0.2, -0.15) is 0 Å². The Morgan fingerprint density at radius 1 is 1.58 bits per heavy atom. The minimum Gasteiger partial charge on any atom is -0.330 e. The second-order valence-corrected chi connectivity index (χ2v) is 3.16. The van der Waals surface area contributed by atoms with Gasteiger partial charge < -0.3 is 5.73 Å². The number of pyridine rings is 1. The number of hydrogen-bond donors (Lipinski definition) is 1. The first-order valence-corrected chi connectivity index (χ1v) is 4.43. The summed E-state index contributed by atoms with van der Waals surface area (Å²) in [4.78, 5) is 4.24. The Labute approximate surface area is 77.8 Å². The van der Waals surface area contributed by atoms with Crippen molar-refractivity contribution < 1.29 is 0 Å². The van der Waals surface area contributed by atoms with Gasteiger partial charge in [-0.3, -0.25) is 4.98 Å². The summed E-state index contributed by atoms with van der Waals surface area (Å²) in [6, 6.07) is 1.81. The van der Waals surface area contributed by atoms with Crippen molar-refractivity contribution in [3.05, 3.63) is 28.5 Å². The largest absolute Gasteiger partial charge is 0.330 e. The van der Waals surface area contributed by atoms with Gasteiger partial charge in [0.2, 0.25) is 0 Å². The van der Waals surface area contributed by atoms with Gasteiger partial charge in [0.05, 0.1) is 0 Å². The highest BCUT2D eigenvalue weighted by molar-refractivity contribution is 6.31. The SMILES string of the molecule is Cc1c(Cl)ccnc1CCCN. The monoisotopic (exact) mass is 184 g/mol. The predicted molar refractivity (Wildman–Crippen MR) is 51.4 cm³/mol. The Bertz CT molecular complexity index is 261. The van der Waals surface area contributed by atoms with Crippen LogP contribution in [0.5, 0.6) is 0 Å². The summed E-state index contributed by atoms with van der Waals surface area (Å²) in [6.07, 6.45) is 3.62. The fourth-order valence-electron chi connectivity index (χ4n) is 1.07. The molecule has 0 aliphatic rings. The van der Waals surface area contributed by atoms with Crippen LogP contribution in [0.1, 0.15) is 17.7 Å². The summed E-state index contributed by atoms with van der Waals surface area (Å²) in [7, 11) is 0. The van der Waals surface area contributed by atoms with Gasteiger partial charge in [0, 0.05) is 16.9 Å². The smallest absolute Gasteiger partial charge is 0.0468 e. The van der Waals surface area contributed by atoms with Gasteiger partial charge in [0.1, 0.15) is 0 Å². The first kappa shape index (κ1) is 9.49. The number of nitrogens with two attached hydrogens (primary N) is 1. The number of hydrogen-bond acceptors (Lipinski definition) is 2. The Balaban J connectivity index is 2.78. The van der Waals surface area contributed by atoms with Crippen LogP contribution in [-0.2, 0) is 6.42 Å². The van der Waals surface area contributed by atoms with Crippen molar-refractivity contribution in [1.29, 1.82) is 0 Å². The third-order valence-corrected chi connectivity index (χ3v) is 2.27. The van der Waals surface area contributed by atoms with Gasteiger partial charge in [0.25, 0.3) is 0 Å². The van der Waals surface area contributed by atoms with Crippen LogP contribution in [0.2, 0.25) is 5.02 Å². The molecule has 1 aromatic heterocycles. The Morgan fingerprint density at radius 3 is 3.00 bits per heavy atom. The molecule has 0 atom stereocenters. The Morgan fingerprint density at radius 2 is 2.33 bits per heavy atom. The summed E-state index contributed by atoms with van der Waals surface area (Å²) in [6.45, 7) is 2.69. The number of aromatic nitrogens is 1. The highest BCUT2D eigenvalue weighted by atomic mass is 35.5. The minimum absolute atomic E-state index is 0.702. The maximum atomic E-state index is 5.92. The summed E-state index contributed by atoms with van der Waals surface area (Å²) in [5, 5.41) is 0.789. The molecule has 0 radical (unpaired) electrons. The molecule has 0 amide bonds. The van der Waals surface area contributed by atoms with Gasteiger partial charge in [-0.15, -0.1) is 0 Å². The zero-order valence-corrected chi connectivity index (χ0v) is 7.93. The maximum absolute atomic E-state index is 5.92. The molecule has 1 heterocycles. The molecule has 12 heavy (non-hydrogen) atoms. The highest BCUT2D eigenvalue weighted by Crippen LogP contribution is 2.17. The molecule has 1 rings (SSSR count). The average Bonchev–Trinajstić information content (AvgIpc) is 2.08. The lowest BCUT2D eigenvalue weighted by molar-refractivity contribution is 0.804. The zero-order chi connectivity index (χ0) is 8.97. The van der Waals surface area contributed by atoms with E-state index in [1.54, 1.807) is 6.20 Å². The normalized spacial score (nSPS) is 10.2. The third-order valence-electron chi connectivity index (χ3n) is 1.86. The second kappa shape index (κ2) is 4.43. The van der Waals surface area contributed by atoms with E-state index >= 15 is 0 Å². The number of rotatable bonds is 3. The summed E-state index contributed by atoms with van der Waals surface area (Å²) < 4.78 is 0. The van der Waals surface area contributed by atoms with Crippen LogP contribution in [0.25, 0.3) is 0 Å². The topological polar surface area (TPSA) is 38.9 Å². The number of nitrogens with zero attached hydrogens (tertiary/aromatic N) is 1. The molecule has 3 heteroatoms. The summed E-state index contributed by atoms with van der Waals surface area (Å²) in [5.41, 5.74) is 7.54. The second-order valence-electron chi connectivity index (χ2n) is 2.76. The fourth-order valence-corrected chi connectivity index (χ4v) is 1.24. The standard InChI is InChI=1S/C9H13ClN2/c1-7-8(10)4-6-12-9(7)3-2-5-11/h4,6H,2-3,5,11H2,1H3. The first-order chi connectivity index (χ1) is 5.75. The van der Waals surface area contributed by atoms with Crippen molar-refractivity contribution in [3.63, 3.8) is 0 Å². The summed E-state index contributed by atoms with van der Waals surface area (Å²) >= 11 is 5.92. The van der Waals surface area contributed by atoms with Gasteiger partial charge in [0.15, 0.2) is 0 Å². The van der Waals surface area contributed by atoms with E-state index < -0.39 is 0 Å². The lowest BCUT2D eigenvalue weighted by Crippen LogP contribution is -2.02. The van der Waals surface area contributed by atoms with E-state index in [0.29, 0.717) is 6.54 Å². The van der Waals surface area contributed by atoms with Crippen LogP contribution in [0, 0.1) is 6.92 Å². The van der Waals surface area contributed by atoms with Crippen LogP contribution in [0.3, 0.4) is 0 Å². The van der Waals surface area contributed by atoms with Gasteiger partial charge >= 0.3 is 0 Å². The van der Waals surface area contributed by atoms with E-state index in [0.717, 1.165) is 29.1 Å². The van der Waals surface area contributed by atoms with E-state index in [-0.39, 0.29) is 0 Å². The molecule has 0 fully saturated rings. The fraction of sp³-hybridized carbons (Fsp3) is 0.444. The highest BCUT2D eigenvalue weighted by Gasteiger charge is 2.01. The van der Waals surface area contributed by atoms with Crippen molar-refractivity contribution >= 4 is 11.6 Å². The van der Waals surface area contributed by atoms with E-state index in [1.807, 2.05) is 13.0 Å². The molecule has 0 aliphatic carbocycles. The van der Waals surface area contributed by atoms with Crippen molar-refractivity contribution in [3.8, 4) is 0 Å². The van der Waals surface area contributed by atoms with Crippen LogP contribution < -0.4 is 5.73 Å². The molecule has 0 aromatic carbocycles. The van der Waals surface area contributed by atoms with Crippen LogP contribution in [0.15, 0.2) is 12.3 Å². The Kier molecular flexibility index (Phi) is 3.50. The van der Waals surface area contributed by atoms with E-state index in [1.165, 1.54) is 0 Å². The molecule has 2 N–H and O–H groups in total. The lowest BCUT2D eigenvalue weighted by atomic mass is 10.1. The first-order valence-electron chi connectivity index (χ1n) is 4.05. The molecule has 0 saturated heterocycles. The van der Waals surface area contributed by atoms with E-state index in [9.17, 15) is 0 Å². The number of halogens is 1. The zero-order valence-electron chi connectivity index (χ0n) is 7.18. The van der Waals surface area contributed by atoms with Crippen LogP contribution >= 0.6 is 11.6 Å². The summed E-state index contributed by atoms with van der Waals surface area (Å²) in [5.74, 6) is 0. The predicted octanol–water partition coefficient (Wildman–Crippen LogP) is 1.93. The number of aryl methyl sites for hydroxylation is 1. The van der Waals surface area contributed by atoms with Crippen molar-refractivity contribution in [2.24, 2.45) is 5.73 Å². The molecule has 1 aromatic rings. The quantitative estimate of drug-likeness (QED) is 0.780. The molecule has 66 valence electrons. The molecule has 0 spiro atoms. The average molecular weight is 185 g/mol. The molecular formula is C9H13ClN2. The third kappa shape index (κ3) is 2.19. The van der Waals surface area contributed by atoms with Crippen LogP contribution in [0.4, 0.5) is 0 Å². The van der Waals surface area contributed by atoms with Crippen molar-refractivity contribution in [2.75, 3.05) is 6.54 Å². The molecule has 0 aliphatic heterocycles. The molecule has 0 bridgehead atoms. The molecular weight excluding hydrogens is 172 g/mol. The lowest BCUT2D eigenvalue weighted by Gasteiger charge is -2.04. The van der Waals surface area contributed by atoms with Gasteiger partial charge in [-0.1, -0.05) is 11.6 Å². The molecule has 2 nitrogen and oxygen atoms in total. The molecule has 0 saturated carbocycles. The van der Waals surface area contributed by atoms with Gasteiger partial charge in [-0.25, -0.2) is 0 Å². The van der Waals surface area contributed by atoms with E-state index in [2.05, 4.69) is 4.98 Å². The van der Waals surface area contributed by atoms with Crippen molar-refractivity contribution in [1.82, 2.24) is 4.98 Å². The van der Waals surface area contributed by atoms with Gasteiger partial charge in [-0.05, 0) is 37.9 Å². The minimum atomic E-state index is 0.702. The van der Waals surface area contributed by atoms with E-state index in [4.69, 9.17) is 17.3 Å². The maximum Gasteiger partial charge on any atom is 0.0468 e. The van der Waals surface area contributed by atoms with Crippen molar-refractivity contribution in [2.45, 2.75) is 19.8 Å². The van der Waals surface area contributed by atoms with Crippen LogP contribution in [-0.4, -0.2) is 11.5 Å². The Hall–Kier alpha value is -0.600.